The molecule has 30 heavy (non-hydrogen) atoms. The van der Waals surface area contributed by atoms with Crippen LogP contribution in [0.3, 0.4) is 0 Å². The third-order valence-corrected chi connectivity index (χ3v) is 7.62. The van der Waals surface area contributed by atoms with Crippen LogP contribution in [0.25, 0.3) is 0 Å². The van der Waals surface area contributed by atoms with E-state index in [2.05, 4.69) is 5.32 Å². The van der Waals surface area contributed by atoms with Crippen molar-refractivity contribution < 1.29 is 27.6 Å². The molecule has 0 bridgehead atoms. The topological polar surface area (TPSA) is 89.4 Å². The third-order valence-electron chi connectivity index (χ3n) is 5.01. The number of hydrogen-bond acceptors (Lipinski definition) is 5. The fourth-order valence-electron chi connectivity index (χ4n) is 3.44. The van der Waals surface area contributed by atoms with Crippen LogP contribution < -0.4 is 19.7 Å². The van der Waals surface area contributed by atoms with Crippen molar-refractivity contribution in [2.75, 3.05) is 44.8 Å². The van der Waals surface area contributed by atoms with Gasteiger partial charge in [-0.15, -0.1) is 0 Å². The first kappa shape index (κ1) is 21.2. The molecule has 8 nitrogen and oxygen atoms in total. The molecule has 160 valence electrons. The zero-order valence-electron chi connectivity index (χ0n) is 15.9. The van der Waals surface area contributed by atoms with Crippen LogP contribution >= 0.6 is 23.2 Å². The van der Waals surface area contributed by atoms with Crippen LogP contribution in [0.1, 0.15) is 0 Å². The summed E-state index contributed by atoms with van der Waals surface area (Å²) in [5.41, 5.74) is 0.625. The van der Waals surface area contributed by atoms with Crippen molar-refractivity contribution in [2.45, 2.75) is 4.90 Å². The summed E-state index contributed by atoms with van der Waals surface area (Å²) in [7, 11) is -3.74. The summed E-state index contributed by atoms with van der Waals surface area (Å²) in [6, 6.07) is 9.59. The molecule has 0 aromatic heterocycles. The number of nitrogens with zero attached hydrogens (tertiary/aromatic N) is 1. The van der Waals surface area contributed by atoms with Crippen LogP contribution in [0.4, 0.5) is 5.69 Å². The number of fused-ring (bicyclic) bond motifs is 1. The van der Waals surface area contributed by atoms with E-state index in [1.54, 1.807) is 24.3 Å². The fourth-order valence-corrected chi connectivity index (χ4v) is 5.62. The smallest absolute Gasteiger partial charge is 0.279 e. The number of rotatable bonds is 5. The van der Waals surface area contributed by atoms with E-state index in [1.165, 1.54) is 16.4 Å². The summed E-state index contributed by atoms with van der Waals surface area (Å²) in [5, 5.41) is 3.28. The number of hydrogen-bond donors (Lipinski definition) is 2. The molecule has 0 aliphatic carbocycles. The Hall–Kier alpha value is -2.04. The second-order valence-electron chi connectivity index (χ2n) is 7.02. The zero-order valence-corrected chi connectivity index (χ0v) is 18.2. The van der Waals surface area contributed by atoms with Gasteiger partial charge in [-0.1, -0.05) is 23.2 Å². The van der Waals surface area contributed by atoms with Crippen molar-refractivity contribution in [3.05, 3.63) is 46.4 Å². The summed E-state index contributed by atoms with van der Waals surface area (Å²) in [5.74, 6) is 1.09. The van der Waals surface area contributed by atoms with Crippen molar-refractivity contribution in [1.82, 2.24) is 4.31 Å². The minimum Gasteiger partial charge on any atom is -0.454 e. The van der Waals surface area contributed by atoms with Crippen molar-refractivity contribution >= 4 is 44.8 Å². The lowest BCUT2D eigenvalue weighted by atomic mass is 10.2. The van der Waals surface area contributed by atoms with Crippen LogP contribution in [0.15, 0.2) is 41.3 Å². The van der Waals surface area contributed by atoms with Crippen LogP contribution in [0.2, 0.25) is 10.0 Å². The molecule has 0 radical (unpaired) electrons. The van der Waals surface area contributed by atoms with Gasteiger partial charge < -0.3 is 19.7 Å². The maximum Gasteiger partial charge on any atom is 0.279 e. The minimum absolute atomic E-state index is 0.000618. The van der Waals surface area contributed by atoms with Gasteiger partial charge in [0.15, 0.2) is 18.0 Å². The Labute approximate surface area is 184 Å². The van der Waals surface area contributed by atoms with Gasteiger partial charge in [0.2, 0.25) is 16.8 Å². The van der Waals surface area contributed by atoms with Crippen molar-refractivity contribution in [3.63, 3.8) is 0 Å². The van der Waals surface area contributed by atoms with Gasteiger partial charge >= 0.3 is 0 Å². The molecule has 0 atom stereocenters. The molecule has 0 saturated carbocycles. The number of piperazine rings is 1. The predicted octanol–water partition coefficient (Wildman–Crippen LogP) is 1.25. The molecule has 1 amide bonds. The number of carbonyl (C=O) groups excluding carboxylic acids is 1. The van der Waals surface area contributed by atoms with E-state index >= 15 is 0 Å². The van der Waals surface area contributed by atoms with E-state index in [0.29, 0.717) is 35.3 Å². The largest absolute Gasteiger partial charge is 0.454 e. The quantitative estimate of drug-likeness (QED) is 0.683. The van der Waals surface area contributed by atoms with Gasteiger partial charge in [0.25, 0.3) is 5.91 Å². The Balaban J connectivity index is 1.33. The Bertz CT molecular complexity index is 1070. The maximum absolute atomic E-state index is 12.9. The molecule has 11 heteroatoms. The number of sulfonamides is 1. The van der Waals surface area contributed by atoms with Crippen LogP contribution in [0, 0.1) is 0 Å². The number of carbonyl (C=O) groups is 1. The van der Waals surface area contributed by atoms with Crippen LogP contribution in [-0.2, 0) is 14.8 Å². The normalized spacial score (nSPS) is 17.1. The number of ether oxygens (including phenoxy) is 2. The number of nitrogens with one attached hydrogen (secondary N) is 2. The van der Waals surface area contributed by atoms with E-state index < -0.39 is 10.0 Å². The maximum atomic E-state index is 12.9. The molecule has 1 fully saturated rings. The lowest BCUT2D eigenvalue weighted by Gasteiger charge is -2.31. The summed E-state index contributed by atoms with van der Waals surface area (Å²) in [4.78, 5) is 13.4. The summed E-state index contributed by atoms with van der Waals surface area (Å²) in [6.07, 6.45) is 0. The van der Waals surface area contributed by atoms with E-state index in [0.717, 1.165) is 4.90 Å². The summed E-state index contributed by atoms with van der Waals surface area (Å²) in [6.45, 7) is 2.00. The zero-order chi connectivity index (χ0) is 21.3. The second-order valence-corrected chi connectivity index (χ2v) is 9.77. The van der Waals surface area contributed by atoms with Crippen LogP contribution in [-0.4, -0.2) is 58.1 Å². The highest BCUT2D eigenvalue weighted by Gasteiger charge is 2.32. The van der Waals surface area contributed by atoms with Gasteiger partial charge in [-0.2, -0.15) is 4.31 Å². The Morgan fingerprint density at radius 2 is 1.80 bits per heavy atom. The minimum atomic E-state index is -3.74. The first-order chi connectivity index (χ1) is 14.3. The summed E-state index contributed by atoms with van der Waals surface area (Å²) < 4.78 is 37.7. The Kier molecular flexibility index (Phi) is 6.08. The lowest BCUT2D eigenvalue weighted by molar-refractivity contribution is -0.895. The van der Waals surface area contributed by atoms with Crippen LogP contribution in [0.5, 0.6) is 11.5 Å². The molecule has 2 N–H and O–H groups in total. The monoisotopic (exact) mass is 472 g/mol. The molecule has 0 spiro atoms. The first-order valence-corrected chi connectivity index (χ1v) is 11.5. The standard InChI is InChI=1S/C19H19Cl2N3O5S/c20-13-1-3-15(21)18(9-13)30(26,27)24-7-5-23(6-8-24)11-19(25)22-14-2-4-16-17(10-14)29-12-28-16/h1-4,9-10H,5-8,11-12H2,(H,22,25)/p+1. The molecule has 0 unspecified atom stereocenters. The van der Waals surface area contributed by atoms with Crippen molar-refractivity contribution in [1.29, 1.82) is 0 Å². The highest BCUT2D eigenvalue weighted by Crippen LogP contribution is 2.34. The molecule has 2 aliphatic rings. The van der Waals surface area contributed by atoms with Gasteiger partial charge in [-0.25, -0.2) is 8.42 Å². The number of benzene rings is 2. The van der Waals surface area contributed by atoms with E-state index in [-0.39, 0.29) is 42.3 Å². The number of anilines is 1. The molecule has 2 aromatic rings. The lowest BCUT2D eigenvalue weighted by Crippen LogP contribution is -3.15. The van der Waals surface area contributed by atoms with Gasteiger partial charge in [0, 0.05) is 16.8 Å². The molecule has 2 aromatic carbocycles. The highest BCUT2D eigenvalue weighted by atomic mass is 35.5. The molecular formula is C19H20Cl2N3O5S+. The Morgan fingerprint density at radius 3 is 2.57 bits per heavy atom. The SMILES string of the molecule is O=C(C[NH+]1CCN(S(=O)(=O)c2cc(Cl)ccc2Cl)CC1)Nc1ccc2c(c1)OCO2. The van der Waals surface area contributed by atoms with Gasteiger partial charge in [-0.05, 0) is 30.3 Å². The number of quaternary nitrogens is 1. The second kappa shape index (κ2) is 8.60. The molecule has 2 heterocycles. The molecule has 1 saturated heterocycles. The number of amides is 1. The van der Waals surface area contributed by atoms with Gasteiger partial charge in [-0.3, -0.25) is 4.79 Å². The van der Waals surface area contributed by atoms with Crippen molar-refractivity contribution in [2.24, 2.45) is 0 Å². The highest BCUT2D eigenvalue weighted by molar-refractivity contribution is 7.89. The third kappa shape index (κ3) is 4.50. The molecular weight excluding hydrogens is 453 g/mol. The van der Waals surface area contributed by atoms with Gasteiger partial charge in [0.1, 0.15) is 4.90 Å². The number of halogens is 2. The average Bonchev–Trinajstić information content (AvgIpc) is 3.18. The first-order valence-electron chi connectivity index (χ1n) is 9.31. The Morgan fingerprint density at radius 1 is 1.07 bits per heavy atom. The summed E-state index contributed by atoms with van der Waals surface area (Å²) >= 11 is 12.0. The van der Waals surface area contributed by atoms with E-state index in [9.17, 15) is 13.2 Å². The van der Waals surface area contributed by atoms with Crippen molar-refractivity contribution in [3.8, 4) is 11.5 Å². The van der Waals surface area contributed by atoms with E-state index in [1.807, 2.05) is 0 Å². The fraction of sp³-hybridized carbons (Fsp3) is 0.316. The molecule has 2 aliphatic heterocycles. The molecule has 4 rings (SSSR count). The van der Waals surface area contributed by atoms with E-state index in [4.69, 9.17) is 32.7 Å². The van der Waals surface area contributed by atoms with Gasteiger partial charge in [0.05, 0.1) is 31.2 Å². The predicted molar refractivity (Wildman–Crippen MR) is 112 cm³/mol. The average molecular weight is 473 g/mol.